The van der Waals surface area contributed by atoms with Gasteiger partial charge in [0, 0.05) is 22.9 Å². The molecule has 3 nitrogen and oxygen atoms in total. The van der Waals surface area contributed by atoms with E-state index in [4.69, 9.17) is 0 Å². The first-order valence-electron chi connectivity index (χ1n) is 6.81. The molecule has 3 rings (SSSR count). The van der Waals surface area contributed by atoms with Gasteiger partial charge >= 0.3 is 0 Å². The van der Waals surface area contributed by atoms with Crippen LogP contribution >= 0.6 is 15.9 Å². The average Bonchev–Trinajstić information content (AvgIpc) is 3.03. The Hall–Kier alpha value is -2.07. The van der Waals surface area contributed by atoms with Crippen molar-refractivity contribution in [3.63, 3.8) is 0 Å². The molecule has 2 aromatic carbocycles. The highest BCUT2D eigenvalue weighted by molar-refractivity contribution is 9.10. The summed E-state index contributed by atoms with van der Waals surface area (Å²) in [5, 5.41) is 10.4. The van der Waals surface area contributed by atoms with E-state index in [0.717, 1.165) is 28.0 Å². The molecule has 0 aliphatic rings. The van der Waals surface area contributed by atoms with Gasteiger partial charge in [-0.1, -0.05) is 40.2 Å². The molecule has 0 amide bonds. The van der Waals surface area contributed by atoms with E-state index in [2.05, 4.69) is 80.8 Å². The van der Waals surface area contributed by atoms with Gasteiger partial charge in [0.15, 0.2) is 0 Å². The zero-order valence-electron chi connectivity index (χ0n) is 11.7. The summed E-state index contributed by atoms with van der Waals surface area (Å²) in [5.41, 5.74) is 5.78. The number of hydrogen-bond donors (Lipinski definition) is 2. The van der Waals surface area contributed by atoms with Crippen LogP contribution in [0.1, 0.15) is 11.1 Å². The van der Waals surface area contributed by atoms with Crippen molar-refractivity contribution in [3.05, 3.63) is 70.3 Å². The van der Waals surface area contributed by atoms with Crippen LogP contribution < -0.4 is 5.32 Å². The first kappa shape index (κ1) is 13.9. The number of aromatic nitrogens is 2. The van der Waals surface area contributed by atoms with Crippen molar-refractivity contribution >= 4 is 21.6 Å². The summed E-state index contributed by atoms with van der Waals surface area (Å²) in [6.45, 7) is 2.90. The van der Waals surface area contributed by atoms with Crippen molar-refractivity contribution in [3.8, 4) is 11.3 Å². The topological polar surface area (TPSA) is 40.7 Å². The Labute approximate surface area is 132 Å². The average molecular weight is 342 g/mol. The van der Waals surface area contributed by atoms with Crippen LogP contribution in [0.2, 0.25) is 0 Å². The number of nitrogens with zero attached hydrogens (tertiary/aromatic N) is 1. The van der Waals surface area contributed by atoms with E-state index in [1.54, 1.807) is 6.20 Å². The summed E-state index contributed by atoms with van der Waals surface area (Å²) >= 11 is 3.57. The maximum absolute atomic E-state index is 3.97. The van der Waals surface area contributed by atoms with Gasteiger partial charge in [-0.2, -0.15) is 5.10 Å². The minimum atomic E-state index is 0.808. The first-order valence-corrected chi connectivity index (χ1v) is 7.60. The highest BCUT2D eigenvalue weighted by atomic mass is 79.9. The minimum absolute atomic E-state index is 0.808. The lowest BCUT2D eigenvalue weighted by Crippen LogP contribution is -1.99. The number of halogens is 1. The third-order valence-electron chi connectivity index (χ3n) is 3.43. The van der Waals surface area contributed by atoms with Crippen LogP contribution in [-0.2, 0) is 6.54 Å². The molecule has 0 spiro atoms. The van der Waals surface area contributed by atoms with Crippen molar-refractivity contribution in [2.24, 2.45) is 0 Å². The Morgan fingerprint density at radius 2 is 1.90 bits per heavy atom. The molecule has 0 fully saturated rings. The number of H-pyrrole nitrogens is 1. The predicted molar refractivity (Wildman–Crippen MR) is 90.2 cm³/mol. The highest BCUT2D eigenvalue weighted by Gasteiger charge is 2.00. The molecular weight excluding hydrogens is 326 g/mol. The highest BCUT2D eigenvalue weighted by Crippen LogP contribution is 2.21. The van der Waals surface area contributed by atoms with Gasteiger partial charge in [-0.15, -0.1) is 0 Å². The van der Waals surface area contributed by atoms with E-state index >= 15 is 0 Å². The molecule has 0 aliphatic carbocycles. The van der Waals surface area contributed by atoms with Gasteiger partial charge in [0.25, 0.3) is 0 Å². The molecule has 0 bridgehead atoms. The number of benzene rings is 2. The lowest BCUT2D eigenvalue weighted by Gasteiger charge is -2.08. The Morgan fingerprint density at radius 1 is 1.10 bits per heavy atom. The summed E-state index contributed by atoms with van der Waals surface area (Å²) in [6.07, 6.45) is 1.76. The fraction of sp³-hybridized carbons (Fsp3) is 0.118. The molecule has 0 saturated heterocycles. The Kier molecular flexibility index (Phi) is 4.06. The Balaban J connectivity index is 1.66. The maximum Gasteiger partial charge on any atom is 0.0650 e. The lowest BCUT2D eigenvalue weighted by molar-refractivity contribution is 1.09. The minimum Gasteiger partial charge on any atom is -0.381 e. The van der Waals surface area contributed by atoms with E-state index in [1.807, 2.05) is 6.07 Å². The fourth-order valence-electron chi connectivity index (χ4n) is 2.13. The second-order valence-electron chi connectivity index (χ2n) is 4.98. The largest absolute Gasteiger partial charge is 0.381 e. The molecule has 4 heteroatoms. The van der Waals surface area contributed by atoms with Crippen LogP contribution in [0.4, 0.5) is 5.69 Å². The molecule has 106 valence electrons. The number of hydrogen-bond acceptors (Lipinski definition) is 2. The monoisotopic (exact) mass is 341 g/mol. The third kappa shape index (κ3) is 3.34. The molecule has 0 aliphatic heterocycles. The van der Waals surface area contributed by atoms with E-state index in [0.29, 0.717) is 0 Å². The summed E-state index contributed by atoms with van der Waals surface area (Å²) in [5.74, 6) is 0. The number of nitrogens with one attached hydrogen (secondary N) is 2. The van der Waals surface area contributed by atoms with Crippen molar-refractivity contribution in [1.29, 1.82) is 0 Å². The summed E-state index contributed by atoms with van der Waals surface area (Å²) in [4.78, 5) is 0. The quantitative estimate of drug-likeness (QED) is 0.718. The van der Waals surface area contributed by atoms with Crippen LogP contribution in [0, 0.1) is 6.92 Å². The number of aryl methyl sites for hydroxylation is 1. The first-order chi connectivity index (χ1) is 10.2. The van der Waals surface area contributed by atoms with Gasteiger partial charge in [0.05, 0.1) is 5.69 Å². The van der Waals surface area contributed by atoms with Crippen molar-refractivity contribution in [1.82, 2.24) is 10.2 Å². The van der Waals surface area contributed by atoms with Crippen LogP contribution in [0.15, 0.2) is 59.2 Å². The third-order valence-corrected chi connectivity index (χ3v) is 4.28. The molecule has 2 N–H and O–H groups in total. The van der Waals surface area contributed by atoms with E-state index in [-0.39, 0.29) is 0 Å². The zero-order chi connectivity index (χ0) is 14.7. The molecule has 1 heterocycles. The van der Waals surface area contributed by atoms with Gasteiger partial charge < -0.3 is 5.32 Å². The van der Waals surface area contributed by atoms with Crippen molar-refractivity contribution in [2.45, 2.75) is 13.5 Å². The molecule has 1 aromatic heterocycles. The van der Waals surface area contributed by atoms with Crippen LogP contribution in [0.3, 0.4) is 0 Å². The summed E-state index contributed by atoms with van der Waals surface area (Å²) in [6, 6.07) is 16.7. The van der Waals surface area contributed by atoms with E-state index in [1.165, 1.54) is 11.1 Å². The van der Waals surface area contributed by atoms with E-state index < -0.39 is 0 Å². The van der Waals surface area contributed by atoms with E-state index in [9.17, 15) is 0 Å². The Bertz CT molecular complexity index is 718. The number of anilines is 1. The standard InChI is InChI=1S/C17H16BrN3/c1-12-2-3-13(10-16(12)18)11-19-15-6-4-14(5-7-15)17-8-9-20-21-17/h2-10,19H,11H2,1H3,(H,20,21). The second kappa shape index (κ2) is 6.14. The zero-order valence-corrected chi connectivity index (χ0v) is 13.3. The molecule has 21 heavy (non-hydrogen) atoms. The Morgan fingerprint density at radius 3 is 2.57 bits per heavy atom. The van der Waals surface area contributed by atoms with Crippen LogP contribution in [-0.4, -0.2) is 10.2 Å². The molecule has 0 radical (unpaired) electrons. The fourth-order valence-corrected chi connectivity index (χ4v) is 2.56. The number of rotatable bonds is 4. The van der Waals surface area contributed by atoms with Crippen molar-refractivity contribution in [2.75, 3.05) is 5.32 Å². The maximum atomic E-state index is 3.97. The van der Waals surface area contributed by atoms with Gasteiger partial charge in [0.2, 0.25) is 0 Å². The smallest absolute Gasteiger partial charge is 0.0650 e. The summed E-state index contributed by atoms with van der Waals surface area (Å²) < 4.78 is 1.15. The molecule has 0 unspecified atom stereocenters. The number of aromatic amines is 1. The van der Waals surface area contributed by atoms with Gasteiger partial charge in [-0.3, -0.25) is 5.10 Å². The van der Waals surface area contributed by atoms with Crippen LogP contribution in [0.25, 0.3) is 11.3 Å². The summed E-state index contributed by atoms with van der Waals surface area (Å²) in [7, 11) is 0. The van der Waals surface area contributed by atoms with Crippen LogP contribution in [0.5, 0.6) is 0 Å². The molecule has 0 atom stereocenters. The molecule has 3 aromatic rings. The van der Waals surface area contributed by atoms with Crippen molar-refractivity contribution < 1.29 is 0 Å². The second-order valence-corrected chi connectivity index (χ2v) is 5.84. The van der Waals surface area contributed by atoms with Gasteiger partial charge in [0.1, 0.15) is 0 Å². The lowest BCUT2D eigenvalue weighted by atomic mass is 10.1. The molecular formula is C17H16BrN3. The SMILES string of the molecule is Cc1ccc(CNc2ccc(-c3ccn[nH]3)cc2)cc1Br. The van der Waals surface area contributed by atoms with Gasteiger partial charge in [-0.05, 0) is 47.9 Å². The van der Waals surface area contributed by atoms with Gasteiger partial charge in [-0.25, -0.2) is 0 Å². The molecule has 0 saturated carbocycles. The normalized spacial score (nSPS) is 10.6. The predicted octanol–water partition coefficient (Wildman–Crippen LogP) is 4.76.